The van der Waals surface area contributed by atoms with E-state index in [9.17, 15) is 0 Å². The van der Waals surface area contributed by atoms with Gasteiger partial charge in [0.1, 0.15) is 22.3 Å². The van der Waals surface area contributed by atoms with Crippen LogP contribution < -0.4 is 0 Å². The van der Waals surface area contributed by atoms with Gasteiger partial charge in [0.05, 0.1) is 0 Å². The Morgan fingerprint density at radius 3 is 1.58 bits per heavy atom. The molecule has 0 unspecified atom stereocenters. The fourth-order valence-electron chi connectivity index (χ4n) is 10.2. The molecule has 0 aliphatic carbocycles. The fraction of sp³-hybridized carbons (Fsp3) is 0. The number of furan rings is 2. The Morgan fingerprint density at radius 2 is 0.788 bits per heavy atom. The van der Waals surface area contributed by atoms with Crippen LogP contribution in [-0.4, -0.2) is 15.0 Å². The molecule has 0 bridgehead atoms. The van der Waals surface area contributed by atoms with E-state index < -0.39 is 0 Å². The minimum Gasteiger partial charge on any atom is -0.456 e. The van der Waals surface area contributed by atoms with Crippen LogP contribution in [0.5, 0.6) is 0 Å². The molecular weight excluding hydrogens is 807 g/mol. The molecule has 0 aliphatic heterocycles. The van der Waals surface area contributed by atoms with Crippen molar-refractivity contribution in [2.45, 2.75) is 0 Å². The van der Waals surface area contributed by atoms with E-state index in [0.717, 1.165) is 82.8 Å². The van der Waals surface area contributed by atoms with Crippen LogP contribution in [0, 0.1) is 0 Å². The Bertz CT molecular complexity index is 4260. The Morgan fingerprint density at radius 1 is 0.258 bits per heavy atom. The van der Waals surface area contributed by atoms with Crippen LogP contribution in [0.2, 0.25) is 0 Å². The number of benzene rings is 11. The van der Waals surface area contributed by atoms with Crippen molar-refractivity contribution in [2.24, 2.45) is 0 Å². The molecule has 0 fully saturated rings. The lowest BCUT2D eigenvalue weighted by atomic mass is 9.92. The number of para-hydroxylation sites is 1. The first-order valence-corrected chi connectivity index (χ1v) is 22.2. The van der Waals surface area contributed by atoms with Crippen molar-refractivity contribution >= 4 is 87.0 Å². The van der Waals surface area contributed by atoms with Gasteiger partial charge in [0, 0.05) is 43.8 Å². The van der Waals surface area contributed by atoms with Gasteiger partial charge in [-0.3, -0.25) is 0 Å². The molecule has 0 saturated carbocycles. The molecule has 306 valence electrons. The normalized spacial score (nSPS) is 11.9. The highest BCUT2D eigenvalue weighted by molar-refractivity contribution is 6.26. The second kappa shape index (κ2) is 14.3. The molecule has 14 aromatic rings. The number of nitrogens with zero attached hydrogens (tertiary/aromatic N) is 3. The van der Waals surface area contributed by atoms with Gasteiger partial charge in [0.15, 0.2) is 17.5 Å². The molecule has 3 aromatic heterocycles. The number of rotatable bonds is 5. The van der Waals surface area contributed by atoms with Gasteiger partial charge in [-0.15, -0.1) is 0 Å². The highest BCUT2D eigenvalue weighted by Gasteiger charge is 2.19. The van der Waals surface area contributed by atoms with Crippen molar-refractivity contribution in [2.75, 3.05) is 0 Å². The van der Waals surface area contributed by atoms with E-state index in [1.807, 2.05) is 30.3 Å². The highest BCUT2D eigenvalue weighted by Crippen LogP contribution is 2.42. The molecule has 0 aliphatic rings. The summed E-state index contributed by atoms with van der Waals surface area (Å²) in [5.41, 5.74) is 10.3. The molecule has 11 aromatic carbocycles. The van der Waals surface area contributed by atoms with Crippen LogP contribution in [-0.2, 0) is 0 Å². The first kappa shape index (κ1) is 36.5. The van der Waals surface area contributed by atoms with Gasteiger partial charge in [0.25, 0.3) is 0 Å². The zero-order valence-electron chi connectivity index (χ0n) is 35.4. The summed E-state index contributed by atoms with van der Waals surface area (Å²) in [6, 6.07) is 74.6. The summed E-state index contributed by atoms with van der Waals surface area (Å²) < 4.78 is 13.2. The third kappa shape index (κ3) is 5.70. The smallest absolute Gasteiger partial charge is 0.164 e. The molecule has 0 atom stereocenters. The highest BCUT2D eigenvalue weighted by atomic mass is 16.3. The van der Waals surface area contributed by atoms with Crippen molar-refractivity contribution in [3.8, 4) is 56.4 Å². The SMILES string of the molecule is c1ccc(-c2nc(-c3cccc(-c4ccc5c6ccccc6c6ccccc6c5c4)c3)nc(-c3ccc4c(c3)oc3c(-c5ccc6oc7ccc8ccccc8c7c6c5)cccc34)n2)cc1. The summed E-state index contributed by atoms with van der Waals surface area (Å²) in [6.07, 6.45) is 0. The van der Waals surface area contributed by atoms with Crippen LogP contribution in [0.3, 0.4) is 0 Å². The fourth-order valence-corrected chi connectivity index (χ4v) is 10.2. The largest absolute Gasteiger partial charge is 0.456 e. The maximum Gasteiger partial charge on any atom is 0.164 e. The Labute approximate surface area is 377 Å². The number of aromatic nitrogens is 3. The average Bonchev–Trinajstić information content (AvgIpc) is 3.97. The second-order valence-corrected chi connectivity index (χ2v) is 17.1. The maximum atomic E-state index is 6.83. The van der Waals surface area contributed by atoms with E-state index in [0.29, 0.717) is 17.5 Å². The van der Waals surface area contributed by atoms with E-state index in [2.05, 4.69) is 182 Å². The summed E-state index contributed by atoms with van der Waals surface area (Å²) in [7, 11) is 0. The molecule has 0 radical (unpaired) electrons. The zero-order chi connectivity index (χ0) is 43.3. The molecule has 3 heterocycles. The van der Waals surface area contributed by atoms with Crippen molar-refractivity contribution < 1.29 is 8.83 Å². The third-order valence-electron chi connectivity index (χ3n) is 13.3. The van der Waals surface area contributed by atoms with Crippen LogP contribution in [0.15, 0.2) is 221 Å². The first-order valence-electron chi connectivity index (χ1n) is 22.2. The number of hydrogen-bond acceptors (Lipinski definition) is 5. The van der Waals surface area contributed by atoms with Crippen LogP contribution in [0.1, 0.15) is 0 Å². The molecule has 0 amide bonds. The van der Waals surface area contributed by atoms with E-state index in [1.54, 1.807) is 0 Å². The molecule has 66 heavy (non-hydrogen) atoms. The first-order chi connectivity index (χ1) is 32.7. The third-order valence-corrected chi connectivity index (χ3v) is 13.3. The van der Waals surface area contributed by atoms with Crippen molar-refractivity contribution in [1.82, 2.24) is 15.0 Å². The van der Waals surface area contributed by atoms with E-state index in [1.165, 1.54) is 43.1 Å². The molecule has 14 rings (SSSR count). The predicted octanol–water partition coefficient (Wildman–Crippen LogP) is 16.6. The van der Waals surface area contributed by atoms with Crippen LogP contribution >= 0.6 is 0 Å². The van der Waals surface area contributed by atoms with Crippen LogP contribution in [0.4, 0.5) is 0 Å². The van der Waals surface area contributed by atoms with E-state index in [-0.39, 0.29) is 0 Å². The monoisotopic (exact) mass is 841 g/mol. The Kier molecular flexibility index (Phi) is 7.91. The molecule has 5 nitrogen and oxygen atoms in total. The Hall–Kier alpha value is -8.93. The van der Waals surface area contributed by atoms with Gasteiger partial charge in [-0.05, 0) is 102 Å². The number of hydrogen-bond donors (Lipinski definition) is 0. The van der Waals surface area contributed by atoms with E-state index >= 15 is 0 Å². The average molecular weight is 842 g/mol. The number of fused-ring (bicyclic) bond motifs is 14. The summed E-state index contributed by atoms with van der Waals surface area (Å²) in [5, 5.41) is 14.2. The summed E-state index contributed by atoms with van der Waals surface area (Å²) in [4.78, 5) is 15.4. The topological polar surface area (TPSA) is 65.0 Å². The van der Waals surface area contributed by atoms with Crippen LogP contribution in [0.25, 0.3) is 143 Å². The lowest BCUT2D eigenvalue weighted by molar-refractivity contribution is 0.668. The van der Waals surface area contributed by atoms with Gasteiger partial charge in [-0.1, -0.05) is 170 Å². The Balaban J connectivity index is 0.885. The maximum absolute atomic E-state index is 6.83. The molecule has 0 spiro atoms. The van der Waals surface area contributed by atoms with Gasteiger partial charge in [-0.25, -0.2) is 15.0 Å². The van der Waals surface area contributed by atoms with Crippen molar-refractivity contribution in [3.05, 3.63) is 212 Å². The minimum atomic E-state index is 0.570. The summed E-state index contributed by atoms with van der Waals surface area (Å²) in [6.45, 7) is 0. The summed E-state index contributed by atoms with van der Waals surface area (Å²) >= 11 is 0. The van der Waals surface area contributed by atoms with E-state index in [4.69, 9.17) is 23.8 Å². The molecule has 5 heteroatoms. The van der Waals surface area contributed by atoms with Crippen molar-refractivity contribution in [3.63, 3.8) is 0 Å². The van der Waals surface area contributed by atoms with Gasteiger partial charge >= 0.3 is 0 Å². The summed E-state index contributed by atoms with van der Waals surface area (Å²) in [5.74, 6) is 1.77. The molecule has 0 saturated heterocycles. The second-order valence-electron chi connectivity index (χ2n) is 17.1. The van der Waals surface area contributed by atoms with Gasteiger partial charge < -0.3 is 8.83 Å². The van der Waals surface area contributed by atoms with Gasteiger partial charge in [-0.2, -0.15) is 0 Å². The predicted molar refractivity (Wildman–Crippen MR) is 272 cm³/mol. The van der Waals surface area contributed by atoms with Gasteiger partial charge in [0.2, 0.25) is 0 Å². The minimum absolute atomic E-state index is 0.570. The molecule has 0 N–H and O–H groups in total. The zero-order valence-corrected chi connectivity index (χ0v) is 35.4. The molecular formula is C61H35N3O2. The lowest BCUT2D eigenvalue weighted by Gasteiger charge is -2.13. The van der Waals surface area contributed by atoms with Crippen molar-refractivity contribution in [1.29, 1.82) is 0 Å². The quantitative estimate of drug-likeness (QED) is 0.162. The lowest BCUT2D eigenvalue weighted by Crippen LogP contribution is -2.00. The standard InChI is InChI=1S/C61H35N3O2/c1-2-13-37(14-3-1)59-62-60(41-16-10-15-38(32-41)39-24-28-49-47-20-7-6-18-45(47)46-19-8-9-21-48(46)52(49)33-39)64-61(63-59)42-25-29-50-51-23-11-22-44(58(51)66-56(50)35-42)40-27-30-54-53(34-40)57-43-17-5-4-12-36(43)26-31-55(57)65-54/h1-35H.